The summed E-state index contributed by atoms with van der Waals surface area (Å²) in [6.45, 7) is 4.87. The van der Waals surface area contributed by atoms with Gasteiger partial charge in [0.2, 0.25) is 0 Å². The maximum absolute atomic E-state index is 12.7. The number of hydrogen-bond acceptors (Lipinski definition) is 4. The van der Waals surface area contributed by atoms with E-state index in [1.54, 1.807) is 24.3 Å². The van der Waals surface area contributed by atoms with Crippen molar-refractivity contribution in [3.8, 4) is 0 Å². The van der Waals surface area contributed by atoms with E-state index in [9.17, 15) is 22.8 Å². The molecule has 0 radical (unpaired) electrons. The molecule has 0 saturated carbocycles. The van der Waals surface area contributed by atoms with Gasteiger partial charge in [-0.2, -0.15) is 13.2 Å². The molecule has 0 aromatic heterocycles. The maximum atomic E-state index is 12.7. The van der Waals surface area contributed by atoms with Crippen molar-refractivity contribution < 1.29 is 22.8 Å². The van der Waals surface area contributed by atoms with Crippen LogP contribution in [0.2, 0.25) is 0 Å². The molecular formula is C23H26F3N3O2. The van der Waals surface area contributed by atoms with Crippen LogP contribution in [0.3, 0.4) is 0 Å². The predicted molar refractivity (Wildman–Crippen MR) is 113 cm³/mol. The van der Waals surface area contributed by atoms with E-state index < -0.39 is 17.6 Å². The highest BCUT2D eigenvalue weighted by atomic mass is 19.4. The molecule has 1 aliphatic heterocycles. The van der Waals surface area contributed by atoms with E-state index >= 15 is 0 Å². The Morgan fingerprint density at radius 3 is 2.26 bits per heavy atom. The summed E-state index contributed by atoms with van der Waals surface area (Å²) in [6.07, 6.45) is -3.37. The van der Waals surface area contributed by atoms with E-state index in [-0.39, 0.29) is 11.3 Å². The largest absolute Gasteiger partial charge is 0.416 e. The van der Waals surface area contributed by atoms with Crippen LogP contribution in [-0.4, -0.2) is 61.3 Å². The number of halogens is 3. The minimum atomic E-state index is -4.46. The fraction of sp³-hybridized carbons (Fsp3) is 0.391. The molecule has 1 N–H and O–H groups in total. The van der Waals surface area contributed by atoms with Gasteiger partial charge in [-0.1, -0.05) is 12.1 Å². The van der Waals surface area contributed by atoms with Crippen molar-refractivity contribution >= 4 is 17.4 Å². The molecule has 0 atom stereocenters. The quantitative estimate of drug-likeness (QED) is 0.666. The highest BCUT2D eigenvalue weighted by molar-refractivity contribution is 6.09. The number of benzene rings is 2. The first kappa shape index (κ1) is 23.0. The van der Waals surface area contributed by atoms with Crippen LogP contribution in [0.15, 0.2) is 48.5 Å². The average Bonchev–Trinajstić information content (AvgIpc) is 2.75. The molecule has 8 heteroatoms. The average molecular weight is 433 g/mol. The van der Waals surface area contributed by atoms with Gasteiger partial charge in [-0.15, -0.1) is 0 Å². The standard InChI is InChI=1S/C23H26F3N3O2/c1-28-13-15-29(16-14-28)12-4-7-21(30)19-5-2-3-6-20(19)27-22(31)17-8-10-18(11-9-17)23(24,25)26/h2-3,5-6,8-11H,4,7,12-16H2,1H3,(H,27,31). The number of rotatable bonds is 7. The highest BCUT2D eigenvalue weighted by Gasteiger charge is 2.30. The van der Waals surface area contributed by atoms with Gasteiger partial charge in [0.15, 0.2) is 5.78 Å². The van der Waals surface area contributed by atoms with Crippen LogP contribution >= 0.6 is 0 Å². The normalized spacial score (nSPS) is 15.6. The molecule has 2 aromatic rings. The number of ketones is 1. The predicted octanol–water partition coefficient (Wildman–Crippen LogP) is 4.17. The molecule has 5 nitrogen and oxygen atoms in total. The summed E-state index contributed by atoms with van der Waals surface area (Å²) in [5.41, 5.74) is 0.0310. The van der Waals surface area contributed by atoms with Gasteiger partial charge in [0.05, 0.1) is 11.3 Å². The lowest BCUT2D eigenvalue weighted by atomic mass is 10.0. The van der Waals surface area contributed by atoms with E-state index in [1.165, 1.54) is 0 Å². The molecule has 1 aliphatic rings. The third-order valence-electron chi connectivity index (χ3n) is 5.42. The van der Waals surface area contributed by atoms with E-state index in [0.717, 1.165) is 63.4 Å². The Bertz CT molecular complexity index is 905. The molecule has 1 amide bonds. The molecule has 1 saturated heterocycles. The van der Waals surface area contributed by atoms with Crippen molar-refractivity contribution in [2.75, 3.05) is 45.1 Å². The Morgan fingerprint density at radius 1 is 0.968 bits per heavy atom. The number of hydrogen-bond donors (Lipinski definition) is 1. The smallest absolute Gasteiger partial charge is 0.321 e. The lowest BCUT2D eigenvalue weighted by Crippen LogP contribution is -2.44. The van der Waals surface area contributed by atoms with Gasteiger partial charge in [-0.25, -0.2) is 0 Å². The highest BCUT2D eigenvalue weighted by Crippen LogP contribution is 2.29. The fourth-order valence-corrected chi connectivity index (χ4v) is 3.51. The van der Waals surface area contributed by atoms with Crippen molar-refractivity contribution in [1.29, 1.82) is 0 Å². The van der Waals surface area contributed by atoms with Crippen molar-refractivity contribution in [2.24, 2.45) is 0 Å². The van der Waals surface area contributed by atoms with Crippen LogP contribution < -0.4 is 5.32 Å². The number of Topliss-reactive ketones (excluding diaryl/α,β-unsaturated/α-hetero) is 1. The Morgan fingerprint density at radius 2 is 1.61 bits per heavy atom. The molecular weight excluding hydrogens is 407 g/mol. The minimum absolute atomic E-state index is 0.0718. The summed E-state index contributed by atoms with van der Waals surface area (Å²) < 4.78 is 38.1. The molecule has 2 aromatic carbocycles. The van der Waals surface area contributed by atoms with Crippen LogP contribution in [0.1, 0.15) is 39.1 Å². The Kier molecular flexibility index (Phi) is 7.46. The lowest BCUT2D eigenvalue weighted by Gasteiger charge is -2.32. The van der Waals surface area contributed by atoms with Crippen LogP contribution in [-0.2, 0) is 6.18 Å². The number of piperazine rings is 1. The molecule has 1 heterocycles. The second kappa shape index (κ2) is 10.1. The van der Waals surface area contributed by atoms with Gasteiger partial charge in [0.25, 0.3) is 5.91 Å². The van der Waals surface area contributed by atoms with Gasteiger partial charge in [-0.3, -0.25) is 9.59 Å². The van der Waals surface area contributed by atoms with Crippen molar-refractivity contribution in [2.45, 2.75) is 19.0 Å². The van der Waals surface area contributed by atoms with Crippen molar-refractivity contribution in [1.82, 2.24) is 9.80 Å². The van der Waals surface area contributed by atoms with E-state index in [0.29, 0.717) is 17.7 Å². The number of carbonyl (C=O) groups excluding carboxylic acids is 2. The van der Waals surface area contributed by atoms with Crippen LogP contribution in [0.4, 0.5) is 18.9 Å². The Labute approximate surface area is 179 Å². The third-order valence-corrected chi connectivity index (χ3v) is 5.42. The summed E-state index contributed by atoms with van der Waals surface area (Å²) in [5.74, 6) is -0.635. The summed E-state index contributed by atoms with van der Waals surface area (Å²) in [4.78, 5) is 29.8. The molecule has 0 aliphatic carbocycles. The maximum Gasteiger partial charge on any atom is 0.416 e. The number of anilines is 1. The lowest BCUT2D eigenvalue weighted by molar-refractivity contribution is -0.137. The first-order valence-electron chi connectivity index (χ1n) is 10.3. The number of para-hydroxylation sites is 1. The number of amides is 1. The third kappa shape index (κ3) is 6.38. The SMILES string of the molecule is CN1CCN(CCCC(=O)c2ccccc2NC(=O)c2ccc(C(F)(F)F)cc2)CC1. The van der Waals surface area contributed by atoms with Crippen LogP contribution in [0.25, 0.3) is 0 Å². The Balaban J connectivity index is 1.59. The zero-order chi connectivity index (χ0) is 22.4. The topological polar surface area (TPSA) is 52.6 Å². The summed E-state index contributed by atoms with van der Waals surface area (Å²) in [5, 5.41) is 2.65. The first-order valence-corrected chi connectivity index (χ1v) is 10.3. The molecule has 31 heavy (non-hydrogen) atoms. The first-order chi connectivity index (χ1) is 14.7. The van der Waals surface area contributed by atoms with Crippen LogP contribution in [0, 0.1) is 0 Å². The second-order valence-electron chi connectivity index (χ2n) is 7.75. The molecule has 0 bridgehead atoms. The number of carbonyl (C=O) groups is 2. The number of alkyl halides is 3. The summed E-state index contributed by atoms with van der Waals surface area (Å²) in [6, 6.07) is 10.7. The van der Waals surface area contributed by atoms with Crippen molar-refractivity contribution in [3.63, 3.8) is 0 Å². The fourth-order valence-electron chi connectivity index (χ4n) is 3.51. The van der Waals surface area contributed by atoms with Gasteiger partial charge < -0.3 is 15.1 Å². The summed E-state index contributed by atoms with van der Waals surface area (Å²) >= 11 is 0. The zero-order valence-corrected chi connectivity index (χ0v) is 17.4. The number of likely N-dealkylation sites (N-methyl/N-ethyl adjacent to an activating group) is 1. The molecule has 0 spiro atoms. The van der Waals surface area contributed by atoms with Crippen molar-refractivity contribution in [3.05, 3.63) is 65.2 Å². The van der Waals surface area contributed by atoms with E-state index in [2.05, 4.69) is 22.2 Å². The molecule has 3 rings (SSSR count). The van der Waals surface area contributed by atoms with E-state index in [4.69, 9.17) is 0 Å². The number of nitrogens with zero attached hydrogens (tertiary/aromatic N) is 2. The van der Waals surface area contributed by atoms with Crippen LogP contribution in [0.5, 0.6) is 0 Å². The van der Waals surface area contributed by atoms with Gasteiger partial charge in [-0.05, 0) is 56.4 Å². The molecule has 0 unspecified atom stereocenters. The molecule has 166 valence electrons. The van der Waals surface area contributed by atoms with Gasteiger partial charge in [0, 0.05) is 43.7 Å². The van der Waals surface area contributed by atoms with Gasteiger partial charge in [0.1, 0.15) is 0 Å². The minimum Gasteiger partial charge on any atom is -0.321 e. The van der Waals surface area contributed by atoms with Gasteiger partial charge >= 0.3 is 6.18 Å². The zero-order valence-electron chi connectivity index (χ0n) is 17.4. The second-order valence-corrected chi connectivity index (χ2v) is 7.75. The molecule has 1 fully saturated rings. The van der Waals surface area contributed by atoms with E-state index in [1.807, 2.05) is 0 Å². The monoisotopic (exact) mass is 433 g/mol. The Hall–Kier alpha value is -2.71. The number of nitrogens with one attached hydrogen (secondary N) is 1. The summed E-state index contributed by atoms with van der Waals surface area (Å²) in [7, 11) is 2.09.